The second kappa shape index (κ2) is 4.45. The molecule has 2 aromatic rings. The first-order valence-electron chi connectivity index (χ1n) is 5.22. The molecule has 0 saturated carbocycles. The second-order valence-electron chi connectivity index (χ2n) is 3.80. The van der Waals surface area contributed by atoms with Crippen LogP contribution in [0.15, 0.2) is 30.5 Å². The number of nitrogens with one attached hydrogen (secondary N) is 1. The van der Waals surface area contributed by atoms with Gasteiger partial charge in [0, 0.05) is 18.0 Å². The van der Waals surface area contributed by atoms with E-state index in [1.807, 2.05) is 6.92 Å². The molecule has 1 unspecified atom stereocenters. The van der Waals surface area contributed by atoms with Gasteiger partial charge in [0.25, 0.3) is 0 Å². The maximum absolute atomic E-state index is 13.5. The summed E-state index contributed by atoms with van der Waals surface area (Å²) >= 11 is 0. The van der Waals surface area contributed by atoms with Crippen molar-refractivity contribution in [3.05, 3.63) is 42.1 Å². The lowest BCUT2D eigenvalue weighted by Crippen LogP contribution is -2.10. The number of nitrogens with zero attached hydrogens (tertiary/aromatic N) is 1. The largest absolute Gasteiger partial charge is 0.342 e. The van der Waals surface area contributed by atoms with Gasteiger partial charge in [0.15, 0.2) is 0 Å². The molecule has 0 radical (unpaired) electrons. The van der Waals surface area contributed by atoms with Crippen LogP contribution in [0.5, 0.6) is 0 Å². The average Bonchev–Trinajstić information content (AvgIpc) is 2.78. The highest BCUT2D eigenvalue weighted by Gasteiger charge is 2.10. The quantitative estimate of drug-likeness (QED) is 0.832. The monoisotopic (exact) mass is 219 g/mol. The van der Waals surface area contributed by atoms with Gasteiger partial charge in [-0.3, -0.25) is 0 Å². The second-order valence-corrected chi connectivity index (χ2v) is 3.80. The Morgan fingerprint density at radius 2 is 2.19 bits per heavy atom. The number of hydrogen-bond acceptors (Lipinski definition) is 2. The number of benzene rings is 1. The maximum atomic E-state index is 13.5. The van der Waals surface area contributed by atoms with Gasteiger partial charge in [-0.2, -0.15) is 0 Å². The number of H-pyrrole nitrogens is 1. The summed E-state index contributed by atoms with van der Waals surface area (Å²) in [6.07, 6.45) is 1.64. The molecule has 2 rings (SSSR count). The van der Waals surface area contributed by atoms with Crippen molar-refractivity contribution >= 4 is 0 Å². The highest BCUT2D eigenvalue weighted by Crippen LogP contribution is 2.22. The third-order valence-electron chi connectivity index (χ3n) is 2.58. The first kappa shape index (κ1) is 10.8. The Bertz CT molecular complexity index is 479. The van der Waals surface area contributed by atoms with Crippen LogP contribution < -0.4 is 5.73 Å². The molecule has 3 N–H and O–H groups in total. The molecule has 0 aliphatic carbocycles. The maximum Gasteiger partial charge on any atom is 0.132 e. The minimum Gasteiger partial charge on any atom is -0.342 e. The standard InChI is InChI=1S/C12H14FN3/c1-8(6-14)12-15-7-11(16-12)9-4-2-3-5-10(9)13/h2-5,7-8H,6,14H2,1H3,(H,15,16). The summed E-state index contributed by atoms with van der Waals surface area (Å²) in [6, 6.07) is 6.62. The van der Waals surface area contributed by atoms with Crippen LogP contribution in [0.3, 0.4) is 0 Å². The highest BCUT2D eigenvalue weighted by atomic mass is 19.1. The Morgan fingerprint density at radius 1 is 1.44 bits per heavy atom. The number of halogens is 1. The van der Waals surface area contributed by atoms with Crippen molar-refractivity contribution in [2.75, 3.05) is 6.54 Å². The third kappa shape index (κ3) is 1.97. The van der Waals surface area contributed by atoms with Gasteiger partial charge in [-0.05, 0) is 12.1 Å². The number of nitrogens with two attached hydrogens (primary N) is 1. The van der Waals surface area contributed by atoms with Crippen molar-refractivity contribution < 1.29 is 4.39 Å². The fourth-order valence-corrected chi connectivity index (χ4v) is 1.52. The van der Waals surface area contributed by atoms with E-state index in [1.54, 1.807) is 24.4 Å². The summed E-state index contributed by atoms with van der Waals surface area (Å²) in [5.74, 6) is 0.694. The van der Waals surface area contributed by atoms with Crippen molar-refractivity contribution in [3.63, 3.8) is 0 Å². The zero-order valence-electron chi connectivity index (χ0n) is 9.07. The summed E-state index contributed by atoms with van der Waals surface area (Å²) < 4.78 is 13.5. The first-order valence-corrected chi connectivity index (χ1v) is 5.22. The predicted molar refractivity (Wildman–Crippen MR) is 61.5 cm³/mol. The number of imidazole rings is 1. The molecule has 0 aliphatic heterocycles. The van der Waals surface area contributed by atoms with E-state index in [0.29, 0.717) is 17.8 Å². The van der Waals surface area contributed by atoms with Gasteiger partial charge in [0.05, 0.1) is 11.9 Å². The van der Waals surface area contributed by atoms with E-state index in [0.717, 1.165) is 5.82 Å². The predicted octanol–water partition coefficient (Wildman–Crippen LogP) is 2.28. The topological polar surface area (TPSA) is 54.7 Å². The zero-order valence-corrected chi connectivity index (χ0v) is 9.07. The van der Waals surface area contributed by atoms with Crippen LogP contribution in [0, 0.1) is 5.82 Å². The molecule has 84 valence electrons. The average molecular weight is 219 g/mol. The molecule has 3 nitrogen and oxygen atoms in total. The Morgan fingerprint density at radius 3 is 2.88 bits per heavy atom. The van der Waals surface area contributed by atoms with Gasteiger partial charge in [-0.1, -0.05) is 19.1 Å². The number of aromatic nitrogens is 2. The molecule has 1 heterocycles. The molecule has 1 atom stereocenters. The molecular weight excluding hydrogens is 205 g/mol. The van der Waals surface area contributed by atoms with Crippen molar-refractivity contribution in [1.29, 1.82) is 0 Å². The molecule has 16 heavy (non-hydrogen) atoms. The van der Waals surface area contributed by atoms with Gasteiger partial charge in [0.2, 0.25) is 0 Å². The van der Waals surface area contributed by atoms with E-state index in [2.05, 4.69) is 9.97 Å². The molecule has 0 bridgehead atoms. The van der Waals surface area contributed by atoms with Gasteiger partial charge >= 0.3 is 0 Å². The van der Waals surface area contributed by atoms with Crippen LogP contribution in [0.1, 0.15) is 18.7 Å². The molecule has 0 saturated heterocycles. The van der Waals surface area contributed by atoms with Crippen LogP contribution >= 0.6 is 0 Å². The summed E-state index contributed by atoms with van der Waals surface area (Å²) in [4.78, 5) is 7.29. The fourth-order valence-electron chi connectivity index (χ4n) is 1.52. The lowest BCUT2D eigenvalue weighted by atomic mass is 10.1. The molecule has 1 aromatic carbocycles. The van der Waals surface area contributed by atoms with Gasteiger partial charge in [0.1, 0.15) is 11.6 Å². The number of hydrogen-bond donors (Lipinski definition) is 2. The number of rotatable bonds is 3. The van der Waals surface area contributed by atoms with Gasteiger partial charge < -0.3 is 10.7 Å². The number of aromatic amines is 1. The van der Waals surface area contributed by atoms with Crippen LogP contribution in [-0.4, -0.2) is 16.5 Å². The Labute approximate surface area is 93.5 Å². The Hall–Kier alpha value is -1.68. The summed E-state index contributed by atoms with van der Waals surface area (Å²) in [6.45, 7) is 2.49. The minimum absolute atomic E-state index is 0.153. The molecule has 4 heteroatoms. The normalized spacial score (nSPS) is 12.7. The summed E-state index contributed by atoms with van der Waals surface area (Å²) in [5.41, 5.74) is 6.77. The molecule has 0 amide bonds. The van der Waals surface area contributed by atoms with Crippen LogP contribution in [-0.2, 0) is 0 Å². The fraction of sp³-hybridized carbons (Fsp3) is 0.250. The van der Waals surface area contributed by atoms with Crippen molar-refractivity contribution in [2.24, 2.45) is 5.73 Å². The van der Waals surface area contributed by atoms with E-state index < -0.39 is 0 Å². The van der Waals surface area contributed by atoms with Gasteiger partial charge in [-0.15, -0.1) is 0 Å². The van der Waals surface area contributed by atoms with E-state index in [9.17, 15) is 4.39 Å². The summed E-state index contributed by atoms with van der Waals surface area (Å²) in [7, 11) is 0. The molecule has 1 aromatic heterocycles. The van der Waals surface area contributed by atoms with E-state index in [1.165, 1.54) is 6.07 Å². The highest BCUT2D eigenvalue weighted by molar-refractivity contribution is 5.59. The molecule has 0 spiro atoms. The van der Waals surface area contributed by atoms with Crippen LogP contribution in [0.4, 0.5) is 4.39 Å². The first-order chi connectivity index (χ1) is 7.72. The van der Waals surface area contributed by atoms with E-state index >= 15 is 0 Å². The lowest BCUT2D eigenvalue weighted by molar-refractivity contribution is 0.630. The van der Waals surface area contributed by atoms with E-state index in [4.69, 9.17) is 5.73 Å². The smallest absolute Gasteiger partial charge is 0.132 e. The van der Waals surface area contributed by atoms with E-state index in [-0.39, 0.29) is 11.7 Å². The third-order valence-corrected chi connectivity index (χ3v) is 2.58. The molecular formula is C12H14FN3. The van der Waals surface area contributed by atoms with Crippen LogP contribution in [0.25, 0.3) is 11.3 Å². The van der Waals surface area contributed by atoms with Crippen molar-refractivity contribution in [1.82, 2.24) is 9.97 Å². The summed E-state index contributed by atoms with van der Waals surface area (Å²) in [5, 5.41) is 0. The molecule has 0 fully saturated rings. The van der Waals surface area contributed by atoms with Gasteiger partial charge in [-0.25, -0.2) is 9.37 Å². The lowest BCUT2D eigenvalue weighted by Gasteiger charge is -2.03. The Kier molecular flexibility index (Phi) is 3.01. The van der Waals surface area contributed by atoms with Crippen LogP contribution in [0.2, 0.25) is 0 Å². The van der Waals surface area contributed by atoms with Crippen molar-refractivity contribution in [2.45, 2.75) is 12.8 Å². The minimum atomic E-state index is -0.252. The van der Waals surface area contributed by atoms with Crippen molar-refractivity contribution in [3.8, 4) is 11.3 Å². The SMILES string of the molecule is CC(CN)c1ncc(-c2ccccc2F)[nH]1. The zero-order chi connectivity index (χ0) is 11.5. The Balaban J connectivity index is 2.35. The molecule has 0 aliphatic rings.